The minimum absolute atomic E-state index is 0.301. The minimum Gasteiger partial charge on any atom is -0.366 e. The van der Waals surface area contributed by atoms with E-state index in [-0.39, 0.29) is 5.91 Å². The Morgan fingerprint density at radius 1 is 1.37 bits per heavy atom. The van der Waals surface area contributed by atoms with E-state index < -0.39 is 5.91 Å². The number of carbonyl (C=O) groups excluding carboxylic acids is 2. The topological polar surface area (TPSA) is 111 Å². The van der Waals surface area contributed by atoms with E-state index in [4.69, 9.17) is 11.5 Å². The summed E-state index contributed by atoms with van der Waals surface area (Å²) < 4.78 is 0. The summed E-state index contributed by atoms with van der Waals surface area (Å²) >= 11 is 1.33. The van der Waals surface area contributed by atoms with Crippen molar-refractivity contribution in [3.8, 4) is 0 Å². The van der Waals surface area contributed by atoms with Gasteiger partial charge in [-0.05, 0) is 18.2 Å². The van der Waals surface area contributed by atoms with Gasteiger partial charge in [0.25, 0.3) is 5.91 Å². The number of nitrogens with zero attached hydrogens (tertiary/aromatic N) is 1. The summed E-state index contributed by atoms with van der Waals surface area (Å²) in [5.74, 6) is -0.896. The Labute approximate surface area is 113 Å². The normalized spacial score (nSPS) is 10.2. The van der Waals surface area contributed by atoms with Crippen molar-refractivity contribution >= 4 is 28.8 Å². The van der Waals surface area contributed by atoms with Crippen molar-refractivity contribution in [2.45, 2.75) is 6.54 Å². The second-order valence-corrected chi connectivity index (χ2v) is 4.67. The van der Waals surface area contributed by atoms with Crippen LogP contribution in [0.5, 0.6) is 0 Å². The number of nitrogens with two attached hydrogens (primary N) is 2. The molecule has 5 N–H and O–H groups in total. The van der Waals surface area contributed by atoms with Crippen LogP contribution in [-0.4, -0.2) is 16.8 Å². The molecule has 6 nitrogen and oxygen atoms in total. The quantitative estimate of drug-likeness (QED) is 0.772. The number of hydrogen-bond acceptors (Lipinski definition) is 5. The predicted molar refractivity (Wildman–Crippen MR) is 72.9 cm³/mol. The van der Waals surface area contributed by atoms with Gasteiger partial charge in [0.05, 0.1) is 0 Å². The standard InChI is InChI=1S/C12H12N4O2S/c13-5-10-16-9(6-19-10)12(18)15-8-3-1-2-7(4-8)11(14)17/h1-4,6H,5,13H2,(H2,14,17)(H,15,18). The molecule has 1 aromatic heterocycles. The van der Waals surface area contributed by atoms with E-state index in [0.29, 0.717) is 28.5 Å². The first kappa shape index (κ1) is 13.2. The number of thiazole rings is 1. The maximum Gasteiger partial charge on any atom is 0.275 e. The van der Waals surface area contributed by atoms with Crippen LogP contribution >= 0.6 is 11.3 Å². The first-order chi connectivity index (χ1) is 9.10. The van der Waals surface area contributed by atoms with Gasteiger partial charge < -0.3 is 16.8 Å². The van der Waals surface area contributed by atoms with Crippen molar-refractivity contribution in [3.63, 3.8) is 0 Å². The van der Waals surface area contributed by atoms with Crippen molar-refractivity contribution in [2.24, 2.45) is 11.5 Å². The molecular weight excluding hydrogens is 264 g/mol. The first-order valence-electron chi connectivity index (χ1n) is 5.46. The van der Waals surface area contributed by atoms with Crippen LogP contribution in [0.15, 0.2) is 29.6 Å². The molecule has 0 saturated heterocycles. The Bertz CT molecular complexity index is 624. The van der Waals surface area contributed by atoms with E-state index in [1.165, 1.54) is 17.4 Å². The monoisotopic (exact) mass is 276 g/mol. The lowest BCUT2D eigenvalue weighted by Gasteiger charge is -2.04. The van der Waals surface area contributed by atoms with Crippen LogP contribution in [0, 0.1) is 0 Å². The molecule has 7 heteroatoms. The van der Waals surface area contributed by atoms with E-state index in [0.717, 1.165) is 0 Å². The minimum atomic E-state index is -0.546. The van der Waals surface area contributed by atoms with Gasteiger partial charge in [-0.15, -0.1) is 11.3 Å². The molecule has 2 aromatic rings. The lowest BCUT2D eigenvalue weighted by Crippen LogP contribution is -2.15. The van der Waals surface area contributed by atoms with E-state index in [1.807, 2.05) is 0 Å². The largest absolute Gasteiger partial charge is 0.366 e. The molecule has 19 heavy (non-hydrogen) atoms. The van der Waals surface area contributed by atoms with Crippen molar-refractivity contribution < 1.29 is 9.59 Å². The zero-order chi connectivity index (χ0) is 13.8. The number of carbonyl (C=O) groups is 2. The molecule has 0 aliphatic rings. The van der Waals surface area contributed by atoms with Gasteiger partial charge in [-0.1, -0.05) is 6.07 Å². The number of primary amides is 1. The van der Waals surface area contributed by atoms with Gasteiger partial charge in [0, 0.05) is 23.2 Å². The third kappa shape index (κ3) is 3.15. The van der Waals surface area contributed by atoms with Crippen molar-refractivity contribution in [1.29, 1.82) is 0 Å². The van der Waals surface area contributed by atoms with Crippen LogP contribution in [0.2, 0.25) is 0 Å². The summed E-state index contributed by atoms with van der Waals surface area (Å²) in [6, 6.07) is 6.40. The summed E-state index contributed by atoms with van der Waals surface area (Å²) in [5.41, 5.74) is 11.7. The third-order valence-electron chi connectivity index (χ3n) is 2.36. The van der Waals surface area contributed by atoms with Gasteiger partial charge in [0.15, 0.2) is 0 Å². The number of aromatic nitrogens is 1. The fraction of sp³-hybridized carbons (Fsp3) is 0.0833. The molecule has 2 amide bonds. The number of hydrogen-bond donors (Lipinski definition) is 3. The summed E-state index contributed by atoms with van der Waals surface area (Å²) in [6.45, 7) is 0.301. The lowest BCUT2D eigenvalue weighted by atomic mass is 10.2. The Morgan fingerprint density at radius 2 is 2.16 bits per heavy atom. The molecule has 98 valence electrons. The summed E-state index contributed by atoms with van der Waals surface area (Å²) in [4.78, 5) is 27.0. The second-order valence-electron chi connectivity index (χ2n) is 3.73. The second kappa shape index (κ2) is 5.59. The molecule has 0 bridgehead atoms. The third-order valence-corrected chi connectivity index (χ3v) is 3.24. The number of benzene rings is 1. The zero-order valence-corrected chi connectivity index (χ0v) is 10.7. The SMILES string of the molecule is NCc1nc(C(=O)Nc2cccc(C(N)=O)c2)cs1. The maximum atomic E-state index is 11.9. The number of nitrogens with one attached hydrogen (secondary N) is 1. The number of rotatable bonds is 4. The summed E-state index contributed by atoms with van der Waals surface area (Å²) in [6.07, 6.45) is 0. The highest BCUT2D eigenvalue weighted by molar-refractivity contribution is 7.09. The molecule has 0 fully saturated rings. The van der Waals surface area contributed by atoms with Gasteiger partial charge >= 0.3 is 0 Å². The van der Waals surface area contributed by atoms with Crippen LogP contribution in [0.4, 0.5) is 5.69 Å². The van der Waals surface area contributed by atoms with Gasteiger partial charge in [-0.2, -0.15) is 0 Å². The smallest absolute Gasteiger partial charge is 0.275 e. The first-order valence-corrected chi connectivity index (χ1v) is 6.34. The number of amides is 2. The van der Waals surface area contributed by atoms with Gasteiger partial charge in [0.1, 0.15) is 10.7 Å². The highest BCUT2D eigenvalue weighted by Gasteiger charge is 2.11. The van der Waals surface area contributed by atoms with Gasteiger partial charge in [-0.3, -0.25) is 9.59 Å². The molecule has 1 aromatic carbocycles. The van der Waals surface area contributed by atoms with Crippen LogP contribution in [0.1, 0.15) is 25.9 Å². The lowest BCUT2D eigenvalue weighted by molar-refractivity contribution is 0.0995. The average molecular weight is 276 g/mol. The Kier molecular flexibility index (Phi) is 3.88. The fourth-order valence-corrected chi connectivity index (χ4v) is 2.11. The van der Waals surface area contributed by atoms with Gasteiger partial charge in [-0.25, -0.2) is 4.98 Å². The van der Waals surface area contributed by atoms with Crippen molar-refractivity contribution in [3.05, 3.63) is 45.9 Å². The highest BCUT2D eigenvalue weighted by atomic mass is 32.1. The van der Waals surface area contributed by atoms with E-state index >= 15 is 0 Å². The Morgan fingerprint density at radius 3 is 2.79 bits per heavy atom. The molecule has 0 aliphatic heterocycles. The van der Waals surface area contributed by atoms with E-state index in [9.17, 15) is 9.59 Å². The fourth-order valence-electron chi connectivity index (χ4n) is 1.45. The van der Waals surface area contributed by atoms with Crippen LogP contribution in [0.3, 0.4) is 0 Å². The predicted octanol–water partition coefficient (Wildman–Crippen LogP) is 0.953. The maximum absolute atomic E-state index is 11.9. The van der Waals surface area contributed by atoms with Crippen LogP contribution in [0.25, 0.3) is 0 Å². The molecule has 2 rings (SSSR count). The molecule has 0 saturated carbocycles. The Balaban J connectivity index is 2.14. The van der Waals surface area contributed by atoms with Crippen molar-refractivity contribution in [1.82, 2.24) is 4.98 Å². The molecule has 0 unspecified atom stereocenters. The summed E-state index contributed by atoms with van der Waals surface area (Å²) in [5, 5.41) is 4.97. The molecule has 0 atom stereocenters. The Hall–Kier alpha value is -2.25. The highest BCUT2D eigenvalue weighted by Crippen LogP contribution is 2.14. The van der Waals surface area contributed by atoms with E-state index in [1.54, 1.807) is 23.6 Å². The molecular formula is C12H12N4O2S. The van der Waals surface area contributed by atoms with Crippen LogP contribution in [-0.2, 0) is 6.54 Å². The van der Waals surface area contributed by atoms with Gasteiger partial charge in [0.2, 0.25) is 5.91 Å². The van der Waals surface area contributed by atoms with Crippen LogP contribution < -0.4 is 16.8 Å². The molecule has 0 spiro atoms. The molecule has 0 radical (unpaired) electrons. The van der Waals surface area contributed by atoms with E-state index in [2.05, 4.69) is 10.3 Å². The molecule has 1 heterocycles. The average Bonchev–Trinajstić information content (AvgIpc) is 2.88. The number of anilines is 1. The molecule has 0 aliphatic carbocycles. The van der Waals surface area contributed by atoms with Crippen molar-refractivity contribution in [2.75, 3.05) is 5.32 Å². The zero-order valence-electron chi connectivity index (χ0n) is 9.92. The summed E-state index contributed by atoms with van der Waals surface area (Å²) in [7, 11) is 0.